The van der Waals surface area contributed by atoms with E-state index in [9.17, 15) is 4.79 Å². The number of anilines is 1. The summed E-state index contributed by atoms with van der Waals surface area (Å²) in [6.45, 7) is 8.21. The van der Waals surface area contributed by atoms with Crippen LogP contribution in [0.25, 0.3) is 0 Å². The first-order chi connectivity index (χ1) is 12.4. The van der Waals surface area contributed by atoms with Crippen molar-refractivity contribution in [3.8, 4) is 0 Å². The molecule has 0 saturated heterocycles. The average Bonchev–Trinajstić information content (AvgIpc) is 2.61. The van der Waals surface area contributed by atoms with Gasteiger partial charge in [0, 0.05) is 5.69 Å². The Hall–Kier alpha value is -2.40. The number of hydrogen-bond acceptors (Lipinski definition) is 3. The standard InChI is InChI=1S/C21H26N2O2S/c1-6-18(16-11-10-13(2)12-14(16)3)22-21(26)23-19-9-7-8-17(15(19)4)20(24)25-5/h7-12,18H,6H2,1-5H3,(H2,22,23,26). The summed E-state index contributed by atoms with van der Waals surface area (Å²) in [6, 6.07) is 12.0. The van der Waals surface area contributed by atoms with Gasteiger partial charge in [0.15, 0.2) is 5.11 Å². The number of thiocarbonyl (C=S) groups is 1. The summed E-state index contributed by atoms with van der Waals surface area (Å²) in [6.07, 6.45) is 0.910. The third-order valence-electron chi connectivity index (χ3n) is 4.50. The van der Waals surface area contributed by atoms with E-state index >= 15 is 0 Å². The van der Waals surface area contributed by atoms with Crippen molar-refractivity contribution in [1.82, 2.24) is 5.32 Å². The van der Waals surface area contributed by atoms with Crippen molar-refractivity contribution in [2.24, 2.45) is 0 Å². The highest BCUT2D eigenvalue weighted by Gasteiger charge is 2.15. The molecule has 4 nitrogen and oxygen atoms in total. The lowest BCUT2D eigenvalue weighted by atomic mass is 9.98. The smallest absolute Gasteiger partial charge is 0.338 e. The Bertz CT molecular complexity index is 818. The molecule has 0 radical (unpaired) electrons. The summed E-state index contributed by atoms with van der Waals surface area (Å²) in [7, 11) is 1.38. The number of carbonyl (C=O) groups excluding carboxylic acids is 1. The quantitative estimate of drug-likeness (QED) is 0.583. The van der Waals surface area contributed by atoms with Crippen LogP contribution in [0.5, 0.6) is 0 Å². The normalized spacial score (nSPS) is 11.6. The van der Waals surface area contributed by atoms with Crippen LogP contribution in [0.2, 0.25) is 0 Å². The van der Waals surface area contributed by atoms with Gasteiger partial charge in [0.2, 0.25) is 0 Å². The van der Waals surface area contributed by atoms with Crippen LogP contribution in [0.3, 0.4) is 0 Å². The maximum atomic E-state index is 11.8. The Morgan fingerprint density at radius 3 is 2.54 bits per heavy atom. The molecule has 138 valence electrons. The first-order valence-electron chi connectivity index (χ1n) is 8.70. The van der Waals surface area contributed by atoms with Crippen molar-refractivity contribution >= 4 is 29.0 Å². The third kappa shape index (κ3) is 4.61. The van der Waals surface area contributed by atoms with Crippen molar-refractivity contribution in [2.75, 3.05) is 12.4 Å². The summed E-state index contributed by atoms with van der Waals surface area (Å²) < 4.78 is 4.82. The van der Waals surface area contributed by atoms with Crippen LogP contribution in [0.4, 0.5) is 5.69 Å². The van der Waals surface area contributed by atoms with Gasteiger partial charge in [0.1, 0.15) is 0 Å². The summed E-state index contributed by atoms with van der Waals surface area (Å²) in [5.74, 6) is -0.355. The molecule has 0 amide bonds. The maximum absolute atomic E-state index is 11.8. The van der Waals surface area contributed by atoms with Crippen molar-refractivity contribution in [2.45, 2.75) is 40.2 Å². The Morgan fingerprint density at radius 1 is 1.19 bits per heavy atom. The second kappa shape index (κ2) is 8.81. The van der Waals surface area contributed by atoms with E-state index < -0.39 is 0 Å². The molecule has 2 rings (SSSR count). The molecule has 0 aliphatic carbocycles. The SMILES string of the molecule is CCC(NC(=S)Nc1cccc(C(=O)OC)c1C)c1ccc(C)cc1C. The first kappa shape index (κ1) is 19.9. The highest BCUT2D eigenvalue weighted by Crippen LogP contribution is 2.23. The van der Waals surface area contributed by atoms with E-state index in [4.69, 9.17) is 17.0 Å². The van der Waals surface area contributed by atoms with Crippen LogP contribution in [-0.2, 0) is 4.74 Å². The molecule has 0 heterocycles. The van der Waals surface area contributed by atoms with Crippen molar-refractivity contribution in [1.29, 1.82) is 0 Å². The number of nitrogens with one attached hydrogen (secondary N) is 2. The zero-order valence-electron chi connectivity index (χ0n) is 16.0. The van der Waals surface area contributed by atoms with Gasteiger partial charge in [-0.1, -0.05) is 36.8 Å². The van der Waals surface area contributed by atoms with E-state index in [1.807, 2.05) is 19.1 Å². The molecule has 0 saturated carbocycles. The summed E-state index contributed by atoms with van der Waals surface area (Å²) in [4.78, 5) is 11.8. The number of hydrogen-bond donors (Lipinski definition) is 2. The average molecular weight is 371 g/mol. The Kier molecular flexibility index (Phi) is 6.75. The molecule has 5 heteroatoms. The van der Waals surface area contributed by atoms with Gasteiger partial charge in [0.05, 0.1) is 18.7 Å². The lowest BCUT2D eigenvalue weighted by Crippen LogP contribution is -2.32. The fourth-order valence-corrected chi connectivity index (χ4v) is 3.29. The molecular formula is C21H26N2O2S. The number of rotatable bonds is 5. The molecule has 0 aliphatic heterocycles. The molecule has 0 aromatic heterocycles. The van der Waals surface area contributed by atoms with Crippen molar-refractivity contribution in [3.63, 3.8) is 0 Å². The van der Waals surface area contributed by atoms with E-state index in [2.05, 4.69) is 49.6 Å². The van der Waals surface area contributed by atoms with Gasteiger partial charge in [0.25, 0.3) is 0 Å². The van der Waals surface area contributed by atoms with Gasteiger partial charge in [-0.3, -0.25) is 0 Å². The molecular weight excluding hydrogens is 344 g/mol. The summed E-state index contributed by atoms with van der Waals surface area (Å²) >= 11 is 5.51. The number of ether oxygens (including phenoxy) is 1. The fraction of sp³-hybridized carbons (Fsp3) is 0.333. The molecule has 0 spiro atoms. The molecule has 26 heavy (non-hydrogen) atoms. The number of benzene rings is 2. The highest BCUT2D eigenvalue weighted by atomic mass is 32.1. The van der Waals surface area contributed by atoms with Crippen LogP contribution >= 0.6 is 12.2 Å². The van der Waals surface area contributed by atoms with Crippen LogP contribution < -0.4 is 10.6 Å². The zero-order valence-corrected chi connectivity index (χ0v) is 16.8. The van der Waals surface area contributed by atoms with E-state index in [1.54, 1.807) is 6.07 Å². The Morgan fingerprint density at radius 2 is 1.92 bits per heavy atom. The lowest BCUT2D eigenvalue weighted by molar-refractivity contribution is 0.0600. The summed E-state index contributed by atoms with van der Waals surface area (Å²) in [5, 5.41) is 7.12. The second-order valence-corrected chi connectivity index (χ2v) is 6.80. The first-order valence-corrected chi connectivity index (χ1v) is 9.10. The second-order valence-electron chi connectivity index (χ2n) is 6.39. The molecule has 1 atom stereocenters. The molecule has 0 fully saturated rings. The zero-order chi connectivity index (χ0) is 19.3. The van der Waals surface area contributed by atoms with Gasteiger partial charge in [-0.2, -0.15) is 0 Å². The van der Waals surface area contributed by atoms with Crippen molar-refractivity contribution in [3.05, 3.63) is 64.2 Å². The lowest BCUT2D eigenvalue weighted by Gasteiger charge is -2.22. The van der Waals surface area contributed by atoms with Gasteiger partial charge in [-0.05, 0) is 68.2 Å². The third-order valence-corrected chi connectivity index (χ3v) is 4.72. The largest absolute Gasteiger partial charge is 0.465 e. The number of carbonyl (C=O) groups is 1. The molecule has 2 aromatic carbocycles. The molecule has 0 aliphatic rings. The number of methoxy groups -OCH3 is 1. The Labute approximate surface area is 161 Å². The van der Waals surface area contributed by atoms with Crippen LogP contribution in [0.1, 0.15) is 52.0 Å². The molecule has 2 N–H and O–H groups in total. The van der Waals surface area contributed by atoms with E-state index in [0.29, 0.717) is 10.7 Å². The van der Waals surface area contributed by atoms with Gasteiger partial charge in [-0.15, -0.1) is 0 Å². The minimum atomic E-state index is -0.355. The number of esters is 1. The predicted molar refractivity (Wildman–Crippen MR) is 111 cm³/mol. The van der Waals surface area contributed by atoms with Crippen molar-refractivity contribution < 1.29 is 9.53 Å². The Balaban J connectivity index is 2.16. The molecule has 0 bridgehead atoms. The minimum Gasteiger partial charge on any atom is -0.465 e. The maximum Gasteiger partial charge on any atom is 0.338 e. The highest BCUT2D eigenvalue weighted by molar-refractivity contribution is 7.80. The van der Waals surface area contributed by atoms with Gasteiger partial charge >= 0.3 is 5.97 Å². The van der Waals surface area contributed by atoms with E-state index in [1.165, 1.54) is 23.8 Å². The monoisotopic (exact) mass is 370 g/mol. The fourth-order valence-electron chi connectivity index (χ4n) is 3.04. The predicted octanol–water partition coefficient (Wildman–Crippen LogP) is 4.84. The van der Waals surface area contributed by atoms with Crippen LogP contribution in [0, 0.1) is 20.8 Å². The topological polar surface area (TPSA) is 50.4 Å². The van der Waals surface area contributed by atoms with E-state index in [0.717, 1.165) is 17.7 Å². The molecule has 2 aromatic rings. The van der Waals surface area contributed by atoms with E-state index in [-0.39, 0.29) is 12.0 Å². The molecule has 1 unspecified atom stereocenters. The van der Waals surface area contributed by atoms with Gasteiger partial charge in [-0.25, -0.2) is 4.79 Å². The van der Waals surface area contributed by atoms with Crippen LogP contribution in [-0.4, -0.2) is 18.2 Å². The summed E-state index contributed by atoms with van der Waals surface area (Å²) in [5.41, 5.74) is 5.86. The minimum absolute atomic E-state index is 0.125. The number of aryl methyl sites for hydroxylation is 2. The van der Waals surface area contributed by atoms with Crippen LogP contribution in [0.15, 0.2) is 36.4 Å². The van der Waals surface area contributed by atoms with Gasteiger partial charge < -0.3 is 15.4 Å².